The number of halogens is 1. The van der Waals surface area contributed by atoms with Crippen LogP contribution in [0.4, 0.5) is 16.2 Å². The molecule has 2 aromatic carbocycles. The van der Waals surface area contributed by atoms with Crippen molar-refractivity contribution in [1.29, 1.82) is 0 Å². The van der Waals surface area contributed by atoms with Gasteiger partial charge in [0.15, 0.2) is 0 Å². The van der Waals surface area contributed by atoms with Crippen LogP contribution in [0.25, 0.3) is 0 Å². The molecular weight excluding hydrogens is 286 g/mol. The van der Waals surface area contributed by atoms with Gasteiger partial charge in [0, 0.05) is 18.3 Å². The molecule has 0 fully saturated rings. The molecule has 0 saturated heterocycles. The Morgan fingerprint density at radius 2 is 1.90 bits per heavy atom. The molecule has 3 N–H and O–H groups in total. The first-order chi connectivity index (χ1) is 10.1. The summed E-state index contributed by atoms with van der Waals surface area (Å²) < 4.78 is 0. The van der Waals surface area contributed by atoms with Crippen molar-refractivity contribution < 1.29 is 4.79 Å². The van der Waals surface area contributed by atoms with Gasteiger partial charge in [-0.05, 0) is 30.2 Å². The highest BCUT2D eigenvalue weighted by atomic mass is 35.5. The van der Waals surface area contributed by atoms with Gasteiger partial charge in [0.05, 0.1) is 10.7 Å². The predicted molar refractivity (Wildman–Crippen MR) is 85.9 cm³/mol. The second-order valence-electron chi connectivity index (χ2n) is 5.11. The number of carbonyl (C=O) groups excluding carboxylic acids is 1. The van der Waals surface area contributed by atoms with Crippen LogP contribution in [0.15, 0.2) is 48.5 Å². The molecule has 5 heteroatoms. The van der Waals surface area contributed by atoms with E-state index in [-0.39, 0.29) is 12.1 Å². The molecule has 1 unspecified atom stereocenters. The van der Waals surface area contributed by atoms with Crippen molar-refractivity contribution >= 4 is 29.0 Å². The van der Waals surface area contributed by atoms with E-state index in [1.54, 1.807) is 17.0 Å². The van der Waals surface area contributed by atoms with Crippen molar-refractivity contribution in [3.8, 4) is 0 Å². The molecule has 1 atom stereocenters. The molecule has 0 spiro atoms. The average molecular weight is 302 g/mol. The van der Waals surface area contributed by atoms with Gasteiger partial charge in [-0.25, -0.2) is 4.79 Å². The fraction of sp³-hybridized carbons (Fsp3) is 0.188. The molecule has 3 rings (SSSR count). The molecular formula is C16H16ClN3O. The van der Waals surface area contributed by atoms with E-state index in [4.69, 9.17) is 17.3 Å². The largest absolute Gasteiger partial charge is 0.326 e. The summed E-state index contributed by atoms with van der Waals surface area (Å²) in [5.74, 6) is 0. The van der Waals surface area contributed by atoms with Crippen molar-refractivity contribution in [3.05, 3.63) is 59.1 Å². The summed E-state index contributed by atoms with van der Waals surface area (Å²) in [5, 5.41) is 3.36. The fourth-order valence-electron chi connectivity index (χ4n) is 2.56. The van der Waals surface area contributed by atoms with Gasteiger partial charge in [-0.15, -0.1) is 0 Å². The van der Waals surface area contributed by atoms with Crippen LogP contribution in [-0.2, 0) is 6.42 Å². The summed E-state index contributed by atoms with van der Waals surface area (Å²) in [6.07, 6.45) is 0.784. The lowest BCUT2D eigenvalue weighted by atomic mass is 9.99. The smallest absolute Gasteiger partial charge is 0.326 e. The number of para-hydroxylation sites is 2. The summed E-state index contributed by atoms with van der Waals surface area (Å²) in [6.45, 7) is 0.493. The predicted octanol–water partition coefficient (Wildman–Crippen LogP) is 3.26. The molecule has 0 saturated carbocycles. The van der Waals surface area contributed by atoms with Crippen molar-refractivity contribution in [2.24, 2.45) is 5.73 Å². The molecule has 21 heavy (non-hydrogen) atoms. The minimum atomic E-state index is -0.217. The highest BCUT2D eigenvalue weighted by molar-refractivity contribution is 6.33. The average Bonchev–Trinajstić information content (AvgIpc) is 2.48. The lowest BCUT2D eigenvalue weighted by Crippen LogP contribution is -2.47. The van der Waals surface area contributed by atoms with Crippen LogP contribution in [0.1, 0.15) is 5.56 Å². The second-order valence-corrected chi connectivity index (χ2v) is 5.52. The van der Waals surface area contributed by atoms with E-state index in [1.807, 2.05) is 36.4 Å². The summed E-state index contributed by atoms with van der Waals surface area (Å²) >= 11 is 6.08. The molecule has 0 bridgehead atoms. The zero-order chi connectivity index (χ0) is 14.8. The maximum absolute atomic E-state index is 12.5. The molecule has 2 aromatic rings. The Bertz CT molecular complexity index is 674. The van der Waals surface area contributed by atoms with Crippen LogP contribution in [0.2, 0.25) is 5.02 Å². The number of nitrogens with one attached hydrogen (secondary N) is 1. The molecule has 1 heterocycles. The number of anilines is 2. The van der Waals surface area contributed by atoms with Gasteiger partial charge in [-0.1, -0.05) is 41.9 Å². The number of nitrogens with two attached hydrogens (primary N) is 1. The lowest BCUT2D eigenvalue weighted by molar-refractivity contribution is 0.256. The number of rotatable bonds is 1. The molecule has 0 aliphatic carbocycles. The van der Waals surface area contributed by atoms with E-state index >= 15 is 0 Å². The van der Waals surface area contributed by atoms with Crippen molar-refractivity contribution in [2.75, 3.05) is 16.8 Å². The first-order valence-electron chi connectivity index (χ1n) is 6.81. The van der Waals surface area contributed by atoms with Crippen LogP contribution in [-0.4, -0.2) is 18.6 Å². The van der Waals surface area contributed by atoms with Crippen molar-refractivity contribution in [2.45, 2.75) is 12.5 Å². The van der Waals surface area contributed by atoms with Gasteiger partial charge in [0.25, 0.3) is 0 Å². The maximum atomic E-state index is 12.5. The lowest BCUT2D eigenvalue weighted by Gasteiger charge is -2.33. The van der Waals surface area contributed by atoms with Crippen LogP contribution >= 0.6 is 11.6 Å². The van der Waals surface area contributed by atoms with Gasteiger partial charge in [0.1, 0.15) is 0 Å². The van der Waals surface area contributed by atoms with Crippen LogP contribution in [0.5, 0.6) is 0 Å². The minimum absolute atomic E-state index is 0.0584. The van der Waals surface area contributed by atoms with Crippen LogP contribution < -0.4 is 16.0 Å². The Morgan fingerprint density at radius 1 is 1.19 bits per heavy atom. The standard InChI is InChI=1S/C16H16ClN3O/c17-13-6-2-3-7-14(13)19-16(21)20-10-12(18)9-11-5-1-4-8-15(11)20/h1-8,12H,9-10,18H2,(H,19,21). The van der Waals surface area contributed by atoms with Gasteiger partial charge in [0.2, 0.25) is 0 Å². The topological polar surface area (TPSA) is 58.4 Å². The quantitative estimate of drug-likeness (QED) is 0.849. The van der Waals surface area contributed by atoms with E-state index in [2.05, 4.69) is 5.32 Å². The van der Waals surface area contributed by atoms with E-state index in [0.29, 0.717) is 17.3 Å². The third kappa shape index (κ3) is 2.86. The summed E-state index contributed by atoms with van der Waals surface area (Å²) in [5.41, 5.74) is 8.65. The number of hydrogen-bond donors (Lipinski definition) is 2. The first-order valence-corrected chi connectivity index (χ1v) is 7.19. The number of urea groups is 1. The zero-order valence-corrected chi connectivity index (χ0v) is 12.2. The number of amides is 2. The highest BCUT2D eigenvalue weighted by Gasteiger charge is 2.26. The number of carbonyl (C=O) groups is 1. The molecule has 0 aromatic heterocycles. The SMILES string of the molecule is NC1Cc2ccccc2N(C(=O)Nc2ccccc2Cl)C1. The van der Waals surface area contributed by atoms with Crippen LogP contribution in [0, 0.1) is 0 Å². The van der Waals surface area contributed by atoms with E-state index in [9.17, 15) is 4.79 Å². The highest BCUT2D eigenvalue weighted by Crippen LogP contribution is 2.28. The molecule has 2 amide bonds. The van der Waals surface area contributed by atoms with E-state index in [0.717, 1.165) is 17.7 Å². The normalized spacial score (nSPS) is 17.2. The number of hydrogen-bond acceptors (Lipinski definition) is 2. The summed E-state index contributed by atoms with van der Waals surface area (Å²) in [4.78, 5) is 14.2. The Labute approximate surface area is 128 Å². The van der Waals surface area contributed by atoms with Crippen LogP contribution in [0.3, 0.4) is 0 Å². The summed E-state index contributed by atoms with van der Waals surface area (Å²) in [7, 11) is 0. The zero-order valence-electron chi connectivity index (χ0n) is 11.4. The Balaban J connectivity index is 1.87. The van der Waals surface area contributed by atoms with Gasteiger partial charge < -0.3 is 11.1 Å². The van der Waals surface area contributed by atoms with Crippen molar-refractivity contribution in [1.82, 2.24) is 0 Å². The second kappa shape index (κ2) is 5.76. The Morgan fingerprint density at radius 3 is 2.71 bits per heavy atom. The third-order valence-electron chi connectivity index (χ3n) is 3.54. The number of fused-ring (bicyclic) bond motifs is 1. The number of nitrogens with zero attached hydrogens (tertiary/aromatic N) is 1. The molecule has 108 valence electrons. The Hall–Kier alpha value is -2.04. The van der Waals surface area contributed by atoms with Crippen molar-refractivity contribution in [3.63, 3.8) is 0 Å². The third-order valence-corrected chi connectivity index (χ3v) is 3.87. The fourth-order valence-corrected chi connectivity index (χ4v) is 2.75. The summed E-state index contributed by atoms with van der Waals surface area (Å²) in [6, 6.07) is 14.7. The van der Waals surface area contributed by atoms with Gasteiger partial charge in [-0.3, -0.25) is 4.90 Å². The monoisotopic (exact) mass is 301 g/mol. The minimum Gasteiger partial charge on any atom is -0.326 e. The Kier molecular flexibility index (Phi) is 3.82. The first kappa shape index (κ1) is 13.9. The molecule has 4 nitrogen and oxygen atoms in total. The molecule has 1 aliphatic rings. The van der Waals surface area contributed by atoms with Gasteiger partial charge >= 0.3 is 6.03 Å². The van der Waals surface area contributed by atoms with E-state index in [1.165, 1.54) is 0 Å². The number of benzene rings is 2. The molecule has 0 radical (unpaired) electrons. The maximum Gasteiger partial charge on any atom is 0.326 e. The molecule has 1 aliphatic heterocycles. The van der Waals surface area contributed by atoms with Gasteiger partial charge in [-0.2, -0.15) is 0 Å². The van der Waals surface area contributed by atoms with E-state index < -0.39 is 0 Å².